The van der Waals surface area contributed by atoms with E-state index in [1.165, 1.54) is 6.07 Å². The van der Waals surface area contributed by atoms with Gasteiger partial charge in [0.2, 0.25) is 0 Å². The summed E-state index contributed by atoms with van der Waals surface area (Å²) < 4.78 is 11.5. The molecule has 0 aliphatic carbocycles. The number of amides is 1. The van der Waals surface area contributed by atoms with Crippen molar-refractivity contribution in [3.05, 3.63) is 68.2 Å². The van der Waals surface area contributed by atoms with Gasteiger partial charge in [-0.15, -0.1) is 11.3 Å². The summed E-state index contributed by atoms with van der Waals surface area (Å²) in [5.74, 6) is -0.202. The minimum atomic E-state index is -0.277. The van der Waals surface area contributed by atoms with Crippen molar-refractivity contribution in [1.82, 2.24) is 4.90 Å². The van der Waals surface area contributed by atoms with Crippen molar-refractivity contribution in [3.8, 4) is 0 Å². The standard InChI is InChI=1S/C21H21NO4S/c1-14-8-10-27-20(14)13-22(12-15-5-4-9-25-15)21(24)19-11-17(23)16-6-2-3-7-18(16)26-19/h2-3,6-8,10-11,15H,4-5,9,12-13H2,1H3. The number of benzene rings is 1. The third-order valence-electron chi connectivity index (χ3n) is 4.88. The van der Waals surface area contributed by atoms with Gasteiger partial charge in [0, 0.05) is 24.1 Å². The number of carbonyl (C=O) groups is 1. The Balaban J connectivity index is 1.66. The third-order valence-corrected chi connectivity index (χ3v) is 5.89. The van der Waals surface area contributed by atoms with Crippen LogP contribution in [0.3, 0.4) is 0 Å². The van der Waals surface area contributed by atoms with Crippen LogP contribution in [0, 0.1) is 6.92 Å². The predicted molar refractivity (Wildman–Crippen MR) is 105 cm³/mol. The molecule has 1 saturated heterocycles. The lowest BCUT2D eigenvalue weighted by atomic mass is 10.2. The van der Waals surface area contributed by atoms with Crippen LogP contribution in [0.4, 0.5) is 0 Å². The van der Waals surface area contributed by atoms with Crippen LogP contribution in [0.5, 0.6) is 0 Å². The van der Waals surface area contributed by atoms with Crippen LogP contribution >= 0.6 is 11.3 Å². The first-order valence-electron chi connectivity index (χ1n) is 9.08. The number of rotatable bonds is 5. The number of ether oxygens (including phenoxy) is 1. The van der Waals surface area contributed by atoms with E-state index in [-0.39, 0.29) is 23.2 Å². The molecule has 1 amide bonds. The Morgan fingerprint density at radius 3 is 2.89 bits per heavy atom. The van der Waals surface area contributed by atoms with E-state index < -0.39 is 0 Å². The van der Waals surface area contributed by atoms with Gasteiger partial charge >= 0.3 is 0 Å². The van der Waals surface area contributed by atoms with Crippen LogP contribution in [0.25, 0.3) is 11.0 Å². The quantitative estimate of drug-likeness (QED) is 0.669. The molecule has 0 N–H and O–H groups in total. The van der Waals surface area contributed by atoms with Crippen molar-refractivity contribution in [1.29, 1.82) is 0 Å². The second-order valence-corrected chi connectivity index (χ2v) is 7.82. The molecule has 3 heterocycles. The van der Waals surface area contributed by atoms with Crippen molar-refractivity contribution in [2.24, 2.45) is 0 Å². The third kappa shape index (κ3) is 3.82. The van der Waals surface area contributed by atoms with Gasteiger partial charge in [0.1, 0.15) is 5.58 Å². The molecule has 27 heavy (non-hydrogen) atoms. The Morgan fingerprint density at radius 1 is 1.30 bits per heavy atom. The summed E-state index contributed by atoms with van der Waals surface area (Å²) in [5, 5.41) is 2.50. The monoisotopic (exact) mass is 383 g/mol. The Bertz CT molecular complexity index is 1020. The highest BCUT2D eigenvalue weighted by atomic mass is 32.1. The van der Waals surface area contributed by atoms with E-state index in [9.17, 15) is 9.59 Å². The summed E-state index contributed by atoms with van der Waals surface area (Å²) in [6, 6.07) is 10.3. The van der Waals surface area contributed by atoms with Gasteiger partial charge in [0.25, 0.3) is 5.91 Å². The summed E-state index contributed by atoms with van der Waals surface area (Å²) in [5.41, 5.74) is 1.38. The van der Waals surface area contributed by atoms with Gasteiger partial charge in [-0.3, -0.25) is 9.59 Å². The smallest absolute Gasteiger partial charge is 0.290 e. The zero-order chi connectivity index (χ0) is 18.8. The molecule has 1 atom stereocenters. The Hall–Kier alpha value is -2.44. The number of hydrogen-bond acceptors (Lipinski definition) is 5. The van der Waals surface area contributed by atoms with Gasteiger partial charge in [-0.2, -0.15) is 0 Å². The number of carbonyl (C=O) groups excluding carboxylic acids is 1. The molecule has 6 heteroatoms. The Labute approximate surface area is 161 Å². The molecule has 1 aromatic carbocycles. The molecule has 5 nitrogen and oxygen atoms in total. The number of fused-ring (bicyclic) bond motifs is 1. The lowest BCUT2D eigenvalue weighted by Gasteiger charge is -2.25. The Kier molecular flexibility index (Phi) is 5.09. The first-order chi connectivity index (χ1) is 13.1. The molecule has 140 valence electrons. The molecule has 1 aliphatic rings. The maximum atomic E-state index is 13.2. The van der Waals surface area contributed by atoms with Gasteiger partial charge in [-0.25, -0.2) is 0 Å². The zero-order valence-corrected chi connectivity index (χ0v) is 16.0. The van der Waals surface area contributed by atoms with Crippen molar-refractivity contribution in [2.45, 2.75) is 32.4 Å². The lowest BCUT2D eigenvalue weighted by molar-refractivity contribution is 0.0486. The second-order valence-electron chi connectivity index (χ2n) is 6.82. The van der Waals surface area contributed by atoms with E-state index in [4.69, 9.17) is 9.15 Å². The summed E-state index contributed by atoms with van der Waals surface area (Å²) in [4.78, 5) is 28.5. The van der Waals surface area contributed by atoms with E-state index in [1.54, 1.807) is 40.5 Å². The summed E-state index contributed by atoms with van der Waals surface area (Å²) in [6.45, 7) is 3.75. The largest absolute Gasteiger partial charge is 0.451 e. The van der Waals surface area contributed by atoms with E-state index in [0.29, 0.717) is 24.1 Å². The minimum absolute atomic E-state index is 0.0291. The second kappa shape index (κ2) is 7.66. The normalized spacial score (nSPS) is 16.7. The molecule has 1 fully saturated rings. The van der Waals surface area contributed by atoms with Crippen molar-refractivity contribution in [2.75, 3.05) is 13.2 Å². The topological polar surface area (TPSA) is 59.8 Å². The molecule has 0 saturated carbocycles. The Morgan fingerprint density at radius 2 is 2.15 bits per heavy atom. The highest BCUT2D eigenvalue weighted by molar-refractivity contribution is 7.10. The molecule has 3 aromatic rings. The lowest BCUT2D eigenvalue weighted by Crippen LogP contribution is -2.37. The van der Waals surface area contributed by atoms with Crippen LogP contribution in [0.1, 0.15) is 33.8 Å². The van der Waals surface area contributed by atoms with Gasteiger partial charge in [0.05, 0.1) is 18.0 Å². The average Bonchev–Trinajstić information content (AvgIpc) is 3.33. The van der Waals surface area contributed by atoms with Crippen LogP contribution in [0.15, 0.2) is 51.0 Å². The fraction of sp³-hybridized carbons (Fsp3) is 0.333. The van der Waals surface area contributed by atoms with Gasteiger partial charge in [0.15, 0.2) is 11.2 Å². The number of para-hydroxylation sites is 1. The minimum Gasteiger partial charge on any atom is -0.451 e. The van der Waals surface area contributed by atoms with Crippen molar-refractivity contribution >= 4 is 28.2 Å². The highest BCUT2D eigenvalue weighted by Gasteiger charge is 2.26. The highest BCUT2D eigenvalue weighted by Crippen LogP contribution is 2.22. The van der Waals surface area contributed by atoms with E-state index in [1.807, 2.05) is 18.4 Å². The predicted octanol–water partition coefficient (Wildman–Crippen LogP) is 3.98. The van der Waals surface area contributed by atoms with Crippen LogP contribution in [0.2, 0.25) is 0 Å². The molecular formula is C21H21NO4S. The molecular weight excluding hydrogens is 362 g/mol. The molecule has 4 rings (SSSR count). The van der Waals surface area contributed by atoms with Crippen LogP contribution in [-0.2, 0) is 11.3 Å². The number of aryl methyl sites for hydroxylation is 1. The zero-order valence-electron chi connectivity index (χ0n) is 15.1. The summed E-state index contributed by atoms with van der Waals surface area (Å²) in [6.07, 6.45) is 1.98. The summed E-state index contributed by atoms with van der Waals surface area (Å²) in [7, 11) is 0. The van der Waals surface area contributed by atoms with Crippen LogP contribution in [-0.4, -0.2) is 30.1 Å². The number of thiophene rings is 1. The molecule has 1 unspecified atom stereocenters. The van der Waals surface area contributed by atoms with Crippen molar-refractivity contribution in [3.63, 3.8) is 0 Å². The molecule has 0 radical (unpaired) electrons. The first-order valence-corrected chi connectivity index (χ1v) is 9.96. The fourth-order valence-corrected chi connectivity index (χ4v) is 4.28. The fourth-order valence-electron chi connectivity index (χ4n) is 3.36. The van der Waals surface area contributed by atoms with Crippen LogP contribution < -0.4 is 5.43 Å². The van der Waals surface area contributed by atoms with E-state index >= 15 is 0 Å². The van der Waals surface area contributed by atoms with E-state index in [2.05, 4.69) is 0 Å². The molecule has 0 bridgehead atoms. The molecule has 0 spiro atoms. The average molecular weight is 383 g/mol. The number of nitrogens with zero attached hydrogens (tertiary/aromatic N) is 1. The molecule has 2 aromatic heterocycles. The van der Waals surface area contributed by atoms with Gasteiger partial charge < -0.3 is 14.1 Å². The van der Waals surface area contributed by atoms with E-state index in [0.717, 1.165) is 29.9 Å². The maximum absolute atomic E-state index is 13.2. The molecule has 1 aliphatic heterocycles. The first kappa shape index (κ1) is 17.9. The van der Waals surface area contributed by atoms with Crippen molar-refractivity contribution < 1.29 is 13.9 Å². The summed E-state index contributed by atoms with van der Waals surface area (Å²) >= 11 is 1.63. The maximum Gasteiger partial charge on any atom is 0.290 e. The van der Waals surface area contributed by atoms with Gasteiger partial charge in [-0.05, 0) is 48.9 Å². The van der Waals surface area contributed by atoms with Gasteiger partial charge in [-0.1, -0.05) is 12.1 Å². The number of hydrogen-bond donors (Lipinski definition) is 0. The SMILES string of the molecule is Cc1ccsc1CN(CC1CCCO1)C(=O)c1cc(=O)c2ccccc2o1.